The van der Waals surface area contributed by atoms with Crippen molar-refractivity contribution >= 4 is 27.5 Å². The van der Waals surface area contributed by atoms with E-state index in [0.29, 0.717) is 10.2 Å². The number of halogens is 2. The Balaban J connectivity index is 2.21. The Morgan fingerprint density at radius 3 is 2.88 bits per heavy atom. The predicted molar refractivity (Wildman–Crippen MR) is 65.3 cm³/mol. The van der Waals surface area contributed by atoms with Crippen LogP contribution in [0.25, 0.3) is 0 Å². The van der Waals surface area contributed by atoms with Gasteiger partial charge in [0.05, 0.1) is 5.69 Å². The van der Waals surface area contributed by atoms with Crippen molar-refractivity contribution in [3.05, 3.63) is 46.4 Å². The van der Waals surface area contributed by atoms with Gasteiger partial charge in [-0.05, 0) is 40.2 Å². The van der Waals surface area contributed by atoms with Gasteiger partial charge in [-0.15, -0.1) is 0 Å². The summed E-state index contributed by atoms with van der Waals surface area (Å²) in [5.41, 5.74) is 0.657. The van der Waals surface area contributed by atoms with E-state index >= 15 is 0 Å². The normalized spacial score (nSPS) is 10.3. The van der Waals surface area contributed by atoms with E-state index in [-0.39, 0.29) is 11.6 Å². The number of carbonyl (C=O) groups excluding carboxylic acids is 1. The SMILES string of the molecule is Cn1ccc(C(=O)Nc2cc(F)ccc2Br)n1. The summed E-state index contributed by atoms with van der Waals surface area (Å²) in [5.74, 6) is -0.790. The molecule has 0 fully saturated rings. The van der Waals surface area contributed by atoms with Gasteiger partial charge in [0.2, 0.25) is 0 Å². The summed E-state index contributed by atoms with van der Waals surface area (Å²) in [5, 5.41) is 6.53. The molecule has 88 valence electrons. The topological polar surface area (TPSA) is 46.9 Å². The van der Waals surface area contributed by atoms with Crippen LogP contribution < -0.4 is 5.32 Å². The van der Waals surface area contributed by atoms with Crippen molar-refractivity contribution in [3.63, 3.8) is 0 Å². The second-order valence-electron chi connectivity index (χ2n) is 3.45. The van der Waals surface area contributed by atoms with Crippen LogP contribution in [0.3, 0.4) is 0 Å². The van der Waals surface area contributed by atoms with E-state index < -0.39 is 5.82 Å². The van der Waals surface area contributed by atoms with Crippen molar-refractivity contribution in [1.29, 1.82) is 0 Å². The van der Waals surface area contributed by atoms with Crippen LogP contribution in [-0.4, -0.2) is 15.7 Å². The van der Waals surface area contributed by atoms with Crippen LogP contribution in [0, 0.1) is 5.82 Å². The number of nitrogens with zero attached hydrogens (tertiary/aromatic N) is 2. The Labute approximate surface area is 106 Å². The molecule has 1 aromatic heterocycles. The van der Waals surface area contributed by atoms with Gasteiger partial charge in [-0.2, -0.15) is 5.10 Å². The maximum Gasteiger partial charge on any atom is 0.276 e. The maximum atomic E-state index is 13.0. The fourth-order valence-corrected chi connectivity index (χ4v) is 1.66. The van der Waals surface area contributed by atoms with Crippen molar-refractivity contribution < 1.29 is 9.18 Å². The Kier molecular flexibility index (Phi) is 3.23. The molecule has 1 aromatic carbocycles. The van der Waals surface area contributed by atoms with Gasteiger partial charge < -0.3 is 5.32 Å². The second kappa shape index (κ2) is 4.67. The first-order valence-corrected chi connectivity index (χ1v) is 5.61. The van der Waals surface area contributed by atoms with Crippen LogP contribution in [-0.2, 0) is 7.05 Å². The number of aryl methyl sites for hydroxylation is 1. The number of anilines is 1. The third kappa shape index (κ3) is 2.71. The molecular formula is C11H9BrFN3O. The number of amides is 1. The molecule has 0 saturated carbocycles. The highest BCUT2D eigenvalue weighted by Gasteiger charge is 2.11. The van der Waals surface area contributed by atoms with Gasteiger partial charge in [-0.1, -0.05) is 0 Å². The molecule has 0 aliphatic carbocycles. The van der Waals surface area contributed by atoms with Gasteiger partial charge in [-0.3, -0.25) is 9.48 Å². The molecular weight excluding hydrogens is 289 g/mol. The van der Waals surface area contributed by atoms with E-state index in [1.165, 1.54) is 22.9 Å². The number of carbonyl (C=O) groups is 1. The molecule has 0 aliphatic rings. The predicted octanol–water partition coefficient (Wildman–Crippen LogP) is 2.57. The summed E-state index contributed by atoms with van der Waals surface area (Å²) in [7, 11) is 1.72. The van der Waals surface area contributed by atoms with Crippen molar-refractivity contribution in [1.82, 2.24) is 9.78 Å². The molecule has 1 heterocycles. The fraction of sp³-hybridized carbons (Fsp3) is 0.0909. The molecule has 0 unspecified atom stereocenters. The molecule has 6 heteroatoms. The number of hydrogen-bond donors (Lipinski definition) is 1. The fourth-order valence-electron chi connectivity index (χ4n) is 1.32. The Hall–Kier alpha value is -1.69. The molecule has 0 radical (unpaired) electrons. The van der Waals surface area contributed by atoms with Crippen LogP contribution in [0.5, 0.6) is 0 Å². The summed E-state index contributed by atoms with van der Waals surface area (Å²) in [6.07, 6.45) is 1.66. The number of nitrogens with one attached hydrogen (secondary N) is 1. The zero-order chi connectivity index (χ0) is 12.4. The summed E-state index contributed by atoms with van der Waals surface area (Å²) in [6, 6.07) is 5.66. The van der Waals surface area contributed by atoms with E-state index in [1.54, 1.807) is 19.3 Å². The first-order chi connectivity index (χ1) is 8.06. The van der Waals surface area contributed by atoms with E-state index in [9.17, 15) is 9.18 Å². The molecule has 1 amide bonds. The highest BCUT2D eigenvalue weighted by Crippen LogP contribution is 2.23. The molecule has 4 nitrogen and oxygen atoms in total. The van der Waals surface area contributed by atoms with Crippen molar-refractivity contribution in [2.24, 2.45) is 7.05 Å². The van der Waals surface area contributed by atoms with Crippen molar-refractivity contribution in [2.45, 2.75) is 0 Å². The molecule has 0 aliphatic heterocycles. The van der Waals surface area contributed by atoms with Gasteiger partial charge in [0.1, 0.15) is 5.82 Å². The van der Waals surface area contributed by atoms with Gasteiger partial charge in [0.15, 0.2) is 5.69 Å². The Morgan fingerprint density at radius 2 is 2.24 bits per heavy atom. The van der Waals surface area contributed by atoms with Gasteiger partial charge in [-0.25, -0.2) is 4.39 Å². The Bertz CT molecular complexity index is 568. The third-order valence-electron chi connectivity index (χ3n) is 2.12. The van der Waals surface area contributed by atoms with E-state index in [4.69, 9.17) is 0 Å². The lowest BCUT2D eigenvalue weighted by atomic mass is 10.3. The van der Waals surface area contributed by atoms with Gasteiger partial charge in [0.25, 0.3) is 5.91 Å². The average molecular weight is 298 g/mol. The molecule has 0 saturated heterocycles. The molecule has 1 N–H and O–H groups in total. The third-order valence-corrected chi connectivity index (χ3v) is 2.81. The summed E-state index contributed by atoms with van der Waals surface area (Å²) in [4.78, 5) is 11.8. The highest BCUT2D eigenvalue weighted by molar-refractivity contribution is 9.10. The van der Waals surface area contributed by atoms with Crippen LogP contribution in [0.2, 0.25) is 0 Å². The van der Waals surface area contributed by atoms with Crippen LogP contribution >= 0.6 is 15.9 Å². The van der Waals surface area contributed by atoms with Crippen molar-refractivity contribution in [2.75, 3.05) is 5.32 Å². The number of benzene rings is 1. The van der Waals surface area contributed by atoms with Gasteiger partial charge >= 0.3 is 0 Å². The zero-order valence-electron chi connectivity index (χ0n) is 8.95. The van der Waals surface area contributed by atoms with Crippen LogP contribution in [0.4, 0.5) is 10.1 Å². The largest absolute Gasteiger partial charge is 0.319 e. The molecule has 17 heavy (non-hydrogen) atoms. The van der Waals surface area contributed by atoms with E-state index in [0.717, 1.165) is 0 Å². The lowest BCUT2D eigenvalue weighted by Crippen LogP contribution is -2.13. The lowest BCUT2D eigenvalue weighted by molar-refractivity contribution is 0.102. The minimum atomic E-state index is -0.412. The smallest absolute Gasteiger partial charge is 0.276 e. The number of hydrogen-bond acceptors (Lipinski definition) is 2. The standard InChI is InChI=1S/C11H9BrFN3O/c1-16-5-4-9(15-16)11(17)14-10-6-7(13)2-3-8(10)12/h2-6H,1H3,(H,14,17). The first-order valence-electron chi connectivity index (χ1n) is 4.82. The van der Waals surface area contributed by atoms with Gasteiger partial charge in [0, 0.05) is 17.7 Å². The number of rotatable bonds is 2. The summed E-state index contributed by atoms with van der Waals surface area (Å²) >= 11 is 3.23. The summed E-state index contributed by atoms with van der Waals surface area (Å²) in [6.45, 7) is 0. The second-order valence-corrected chi connectivity index (χ2v) is 4.31. The van der Waals surface area contributed by atoms with Crippen molar-refractivity contribution in [3.8, 4) is 0 Å². The summed E-state index contributed by atoms with van der Waals surface area (Å²) < 4.78 is 15.1. The minimum absolute atomic E-state index is 0.281. The van der Waals surface area contributed by atoms with Crippen LogP contribution in [0.15, 0.2) is 34.9 Å². The zero-order valence-corrected chi connectivity index (χ0v) is 10.5. The lowest BCUT2D eigenvalue weighted by Gasteiger charge is -2.05. The Morgan fingerprint density at radius 1 is 1.47 bits per heavy atom. The monoisotopic (exact) mass is 297 g/mol. The van der Waals surface area contributed by atoms with E-state index in [1.807, 2.05) is 0 Å². The first kappa shape index (κ1) is 11.8. The maximum absolute atomic E-state index is 13.0. The van der Waals surface area contributed by atoms with E-state index in [2.05, 4.69) is 26.3 Å². The molecule has 0 bridgehead atoms. The average Bonchev–Trinajstić information content (AvgIpc) is 2.70. The highest BCUT2D eigenvalue weighted by atomic mass is 79.9. The molecule has 2 aromatic rings. The quantitative estimate of drug-likeness (QED) is 0.926. The molecule has 0 atom stereocenters. The molecule has 0 spiro atoms. The minimum Gasteiger partial charge on any atom is -0.319 e. The number of aromatic nitrogens is 2. The van der Waals surface area contributed by atoms with Crippen LogP contribution in [0.1, 0.15) is 10.5 Å². The molecule has 2 rings (SSSR count).